The molecule has 2 heteroatoms. The molecule has 0 heterocycles. The van der Waals surface area contributed by atoms with Crippen LogP contribution in [0, 0.1) is 35.0 Å². The third-order valence-electron chi connectivity index (χ3n) is 6.94. The van der Waals surface area contributed by atoms with E-state index in [4.69, 9.17) is 4.74 Å². The Bertz CT molecular complexity index is 375. The summed E-state index contributed by atoms with van der Waals surface area (Å²) in [6.07, 6.45) is 6.31. The molecule has 4 rings (SSSR count). The molecular weight excluding hydrogens is 246 g/mol. The average molecular weight is 277 g/mol. The van der Waals surface area contributed by atoms with E-state index in [1.54, 1.807) is 6.42 Å². The molecule has 0 aliphatic heterocycles. The number of hydrogen-bond acceptors (Lipinski definition) is 2. The van der Waals surface area contributed by atoms with Crippen LogP contribution >= 0.6 is 0 Å². The molecule has 2 nitrogen and oxygen atoms in total. The van der Waals surface area contributed by atoms with E-state index in [2.05, 4.69) is 33.0 Å². The molecule has 4 aliphatic rings. The van der Waals surface area contributed by atoms with Gasteiger partial charge >= 0.3 is 0 Å². The van der Waals surface area contributed by atoms with E-state index < -0.39 is 0 Å². The topological polar surface area (TPSA) is 21.3 Å². The summed E-state index contributed by atoms with van der Waals surface area (Å²) >= 11 is 0. The van der Waals surface area contributed by atoms with E-state index >= 15 is 0 Å². The Morgan fingerprint density at radius 1 is 1.10 bits per heavy atom. The minimum absolute atomic E-state index is 0.324. The predicted octanol–water partition coefficient (Wildman–Crippen LogP) is 3.46. The quantitative estimate of drug-likeness (QED) is 0.831. The van der Waals surface area contributed by atoms with Gasteiger partial charge in [-0.05, 0) is 55.3 Å². The summed E-state index contributed by atoms with van der Waals surface area (Å²) in [5.74, 6) is 4.92. The van der Waals surface area contributed by atoms with E-state index in [1.165, 1.54) is 19.3 Å². The molecule has 0 amide bonds. The zero-order valence-corrected chi connectivity index (χ0v) is 13.6. The molecule has 0 radical (unpaired) electrons. The second kappa shape index (κ2) is 4.46. The molecule has 1 N–H and O–H groups in total. The number of rotatable bonds is 5. The number of fused-ring (bicyclic) bond motifs is 5. The zero-order valence-electron chi connectivity index (χ0n) is 13.6. The lowest BCUT2D eigenvalue weighted by atomic mass is 9.64. The largest absolute Gasteiger partial charge is 0.377 e. The molecule has 0 aromatic rings. The smallest absolute Gasteiger partial charge is 0.0656 e. The van der Waals surface area contributed by atoms with Gasteiger partial charge in [-0.2, -0.15) is 0 Å². The van der Waals surface area contributed by atoms with Crippen molar-refractivity contribution in [1.82, 2.24) is 5.32 Å². The van der Waals surface area contributed by atoms with Gasteiger partial charge in [0.25, 0.3) is 0 Å². The van der Waals surface area contributed by atoms with Gasteiger partial charge in [-0.3, -0.25) is 0 Å². The van der Waals surface area contributed by atoms with Gasteiger partial charge in [-0.15, -0.1) is 0 Å². The molecular formula is C18H31NO. The molecule has 0 aromatic heterocycles. The van der Waals surface area contributed by atoms with Crippen LogP contribution in [0.15, 0.2) is 0 Å². The maximum absolute atomic E-state index is 6.10. The van der Waals surface area contributed by atoms with Crippen molar-refractivity contribution in [2.24, 2.45) is 35.0 Å². The van der Waals surface area contributed by atoms with E-state index in [0.29, 0.717) is 23.5 Å². The van der Waals surface area contributed by atoms with Gasteiger partial charge in [0.15, 0.2) is 0 Å². The van der Waals surface area contributed by atoms with Gasteiger partial charge < -0.3 is 10.1 Å². The van der Waals surface area contributed by atoms with Crippen LogP contribution in [-0.2, 0) is 4.74 Å². The van der Waals surface area contributed by atoms with Crippen molar-refractivity contribution in [3.8, 4) is 0 Å². The van der Waals surface area contributed by atoms with Crippen LogP contribution in [0.5, 0.6) is 0 Å². The lowest BCUT2D eigenvalue weighted by molar-refractivity contribution is -0.124. The van der Waals surface area contributed by atoms with Gasteiger partial charge in [0, 0.05) is 24.1 Å². The van der Waals surface area contributed by atoms with Crippen molar-refractivity contribution < 1.29 is 4.74 Å². The van der Waals surface area contributed by atoms with Crippen LogP contribution < -0.4 is 5.32 Å². The fourth-order valence-electron chi connectivity index (χ4n) is 5.54. The van der Waals surface area contributed by atoms with Crippen molar-refractivity contribution >= 4 is 0 Å². The Labute approximate surface area is 124 Å². The van der Waals surface area contributed by atoms with Crippen molar-refractivity contribution in [2.75, 3.05) is 6.61 Å². The Hall–Kier alpha value is -0.0800. The van der Waals surface area contributed by atoms with Crippen molar-refractivity contribution in [2.45, 2.75) is 71.6 Å². The molecule has 0 saturated heterocycles. The molecule has 114 valence electrons. The summed E-state index contributed by atoms with van der Waals surface area (Å²) in [4.78, 5) is 0. The van der Waals surface area contributed by atoms with Crippen molar-refractivity contribution in [3.63, 3.8) is 0 Å². The fourth-order valence-corrected chi connectivity index (χ4v) is 5.54. The van der Waals surface area contributed by atoms with Gasteiger partial charge in [0.05, 0.1) is 6.10 Å². The minimum Gasteiger partial charge on any atom is -0.377 e. The van der Waals surface area contributed by atoms with Crippen molar-refractivity contribution in [3.05, 3.63) is 0 Å². The van der Waals surface area contributed by atoms with E-state index in [-0.39, 0.29) is 0 Å². The first-order valence-electron chi connectivity index (χ1n) is 8.86. The highest BCUT2D eigenvalue weighted by Gasteiger charge is 2.66. The first-order chi connectivity index (χ1) is 9.48. The highest BCUT2D eigenvalue weighted by molar-refractivity contribution is 5.19. The lowest BCUT2D eigenvalue weighted by Gasteiger charge is -2.52. The second-order valence-electron chi connectivity index (χ2n) is 9.01. The number of ether oxygens (including phenoxy) is 1. The fraction of sp³-hybridized carbons (Fsp3) is 1.00. The summed E-state index contributed by atoms with van der Waals surface area (Å²) in [6.45, 7) is 10.2. The third-order valence-corrected chi connectivity index (χ3v) is 6.94. The van der Waals surface area contributed by atoms with Gasteiger partial charge in [0.2, 0.25) is 0 Å². The zero-order chi connectivity index (χ0) is 14.1. The SMILES string of the molecule is CC(C)COC1CC(NC2C3C4CCC(C4)C23)C1(C)C. The van der Waals surface area contributed by atoms with Gasteiger partial charge in [-0.1, -0.05) is 27.7 Å². The highest BCUT2D eigenvalue weighted by atomic mass is 16.5. The molecule has 20 heavy (non-hydrogen) atoms. The van der Waals surface area contributed by atoms with E-state index in [0.717, 1.165) is 36.3 Å². The number of hydrogen-bond donors (Lipinski definition) is 1. The second-order valence-corrected chi connectivity index (χ2v) is 9.01. The number of nitrogens with one attached hydrogen (secondary N) is 1. The molecule has 2 bridgehead atoms. The molecule has 6 unspecified atom stereocenters. The Morgan fingerprint density at radius 3 is 2.30 bits per heavy atom. The lowest BCUT2D eigenvalue weighted by Crippen LogP contribution is -2.62. The Morgan fingerprint density at radius 2 is 1.75 bits per heavy atom. The maximum Gasteiger partial charge on any atom is 0.0656 e. The van der Waals surface area contributed by atoms with Crippen LogP contribution in [0.1, 0.15) is 53.4 Å². The van der Waals surface area contributed by atoms with Crippen LogP contribution in [0.4, 0.5) is 0 Å². The van der Waals surface area contributed by atoms with Crippen LogP contribution in [0.3, 0.4) is 0 Å². The summed E-state index contributed by atoms with van der Waals surface area (Å²) in [5.41, 5.74) is 0.324. The molecule has 4 saturated carbocycles. The first-order valence-corrected chi connectivity index (χ1v) is 8.86. The first kappa shape index (κ1) is 13.6. The predicted molar refractivity (Wildman–Crippen MR) is 81.5 cm³/mol. The van der Waals surface area contributed by atoms with Crippen LogP contribution in [-0.4, -0.2) is 24.8 Å². The van der Waals surface area contributed by atoms with Gasteiger partial charge in [-0.25, -0.2) is 0 Å². The highest BCUT2D eigenvalue weighted by Crippen LogP contribution is 2.66. The normalized spacial score (nSPS) is 51.1. The third kappa shape index (κ3) is 1.90. The van der Waals surface area contributed by atoms with Crippen LogP contribution in [0.2, 0.25) is 0 Å². The molecule has 4 fully saturated rings. The van der Waals surface area contributed by atoms with Crippen molar-refractivity contribution in [1.29, 1.82) is 0 Å². The minimum atomic E-state index is 0.324. The molecule has 4 aliphatic carbocycles. The van der Waals surface area contributed by atoms with E-state index in [1.807, 2.05) is 0 Å². The standard InChI is InChI=1S/C18H31NO/c1-10(2)9-20-14-8-13(18(14,3)4)19-17-15-11-5-6-12(7-11)16(15)17/h10-17,19H,5-9H2,1-4H3. The van der Waals surface area contributed by atoms with Crippen LogP contribution in [0.25, 0.3) is 0 Å². The maximum atomic E-state index is 6.10. The molecule has 0 aromatic carbocycles. The Kier molecular flexibility index (Phi) is 3.03. The Balaban J connectivity index is 1.29. The summed E-state index contributed by atoms with van der Waals surface area (Å²) < 4.78 is 6.10. The summed E-state index contributed by atoms with van der Waals surface area (Å²) in [7, 11) is 0. The van der Waals surface area contributed by atoms with E-state index in [9.17, 15) is 0 Å². The summed E-state index contributed by atoms with van der Waals surface area (Å²) in [6, 6.07) is 1.56. The molecule has 6 atom stereocenters. The summed E-state index contributed by atoms with van der Waals surface area (Å²) in [5, 5.41) is 4.02. The average Bonchev–Trinajstić information content (AvgIpc) is 2.78. The molecule has 0 spiro atoms. The van der Waals surface area contributed by atoms with Gasteiger partial charge in [0.1, 0.15) is 0 Å². The monoisotopic (exact) mass is 277 g/mol.